The molecule has 10 aromatic rings. The fourth-order valence-electron chi connectivity index (χ4n) is 7.11. The Kier molecular flexibility index (Phi) is 6.64. The van der Waals surface area contributed by atoms with E-state index in [1.165, 1.54) is 47.6 Å². The van der Waals surface area contributed by atoms with Gasteiger partial charge in [0.25, 0.3) is 0 Å². The lowest BCUT2D eigenvalue weighted by Gasteiger charge is -2.11. The van der Waals surface area contributed by atoms with Crippen LogP contribution in [-0.2, 0) is 0 Å². The molecule has 50 heavy (non-hydrogen) atoms. The molecule has 0 atom stereocenters. The molecule has 0 radical (unpaired) electrons. The van der Waals surface area contributed by atoms with Crippen LogP contribution in [0.5, 0.6) is 0 Å². The van der Waals surface area contributed by atoms with Gasteiger partial charge in [0.15, 0.2) is 11.6 Å². The molecule has 5 heteroatoms. The molecular formula is C45H28N4S. The summed E-state index contributed by atoms with van der Waals surface area (Å²) in [7, 11) is 0. The van der Waals surface area contributed by atoms with Crippen LogP contribution >= 0.6 is 11.3 Å². The Morgan fingerprint density at radius 2 is 0.880 bits per heavy atom. The third kappa shape index (κ3) is 4.63. The number of hydrogen-bond acceptors (Lipinski definition) is 4. The highest BCUT2D eigenvalue weighted by Gasteiger charge is 2.22. The third-order valence-electron chi connectivity index (χ3n) is 9.49. The standard InChI is InChI=1S/C45H28N4S/c1-4-13-29(14-5-1)30-23-25-33(26-24-30)44-46-43(32-17-8-3-9-18-32)47-45(48-44)49-39-22-11-10-19-35(39)36-27-28-38-37-21-12-20-34(31-15-6-2-7-16-31)41(37)50-42(38)40(36)49/h1-28H. The summed E-state index contributed by atoms with van der Waals surface area (Å²) < 4.78 is 4.74. The Hall–Kier alpha value is -6.43. The van der Waals surface area contributed by atoms with E-state index in [-0.39, 0.29) is 0 Å². The summed E-state index contributed by atoms with van der Waals surface area (Å²) in [5.41, 5.74) is 8.84. The second-order valence-electron chi connectivity index (χ2n) is 12.4. The Labute approximate surface area is 292 Å². The molecule has 0 N–H and O–H groups in total. The van der Waals surface area contributed by atoms with Crippen molar-refractivity contribution >= 4 is 53.3 Å². The number of fused-ring (bicyclic) bond motifs is 7. The van der Waals surface area contributed by atoms with Crippen LogP contribution in [-0.4, -0.2) is 19.5 Å². The lowest BCUT2D eigenvalue weighted by molar-refractivity contribution is 0.955. The average molecular weight is 657 g/mol. The molecule has 0 fully saturated rings. The lowest BCUT2D eigenvalue weighted by Crippen LogP contribution is -2.06. The van der Waals surface area contributed by atoms with Gasteiger partial charge in [-0.05, 0) is 28.3 Å². The van der Waals surface area contributed by atoms with Crippen molar-refractivity contribution in [1.82, 2.24) is 19.5 Å². The fraction of sp³-hybridized carbons (Fsp3) is 0. The van der Waals surface area contributed by atoms with Gasteiger partial charge < -0.3 is 0 Å². The van der Waals surface area contributed by atoms with E-state index in [1.807, 2.05) is 35.6 Å². The van der Waals surface area contributed by atoms with E-state index in [0.29, 0.717) is 17.6 Å². The first-order chi connectivity index (χ1) is 24.8. The van der Waals surface area contributed by atoms with Gasteiger partial charge in [-0.3, -0.25) is 4.57 Å². The van der Waals surface area contributed by atoms with E-state index >= 15 is 0 Å². The third-order valence-corrected chi connectivity index (χ3v) is 10.8. The molecule has 0 aliphatic heterocycles. The molecule has 3 aromatic heterocycles. The van der Waals surface area contributed by atoms with Crippen LogP contribution in [0.4, 0.5) is 0 Å². The summed E-state index contributed by atoms with van der Waals surface area (Å²) in [5, 5.41) is 4.83. The molecule has 0 saturated heterocycles. The number of hydrogen-bond donors (Lipinski definition) is 0. The van der Waals surface area contributed by atoms with Crippen LogP contribution in [0, 0.1) is 0 Å². The average Bonchev–Trinajstić information content (AvgIpc) is 3.75. The molecule has 0 spiro atoms. The summed E-state index contributed by atoms with van der Waals surface area (Å²) >= 11 is 1.85. The molecule has 0 aliphatic carbocycles. The maximum Gasteiger partial charge on any atom is 0.238 e. The van der Waals surface area contributed by atoms with Crippen LogP contribution in [0.15, 0.2) is 170 Å². The van der Waals surface area contributed by atoms with E-state index in [0.717, 1.165) is 27.7 Å². The summed E-state index contributed by atoms with van der Waals surface area (Å²) in [4.78, 5) is 15.5. The van der Waals surface area contributed by atoms with Crippen molar-refractivity contribution in [2.75, 3.05) is 0 Å². The summed E-state index contributed by atoms with van der Waals surface area (Å²) in [6, 6.07) is 59.5. The van der Waals surface area contributed by atoms with Crippen LogP contribution in [0.3, 0.4) is 0 Å². The van der Waals surface area contributed by atoms with Crippen molar-refractivity contribution in [1.29, 1.82) is 0 Å². The Balaban J connectivity index is 1.25. The molecule has 234 valence electrons. The highest BCUT2D eigenvalue weighted by molar-refractivity contribution is 7.27. The Morgan fingerprint density at radius 3 is 1.60 bits per heavy atom. The van der Waals surface area contributed by atoms with E-state index < -0.39 is 0 Å². The molecule has 0 aliphatic rings. The maximum absolute atomic E-state index is 5.25. The van der Waals surface area contributed by atoms with Gasteiger partial charge in [-0.25, -0.2) is 4.98 Å². The first-order valence-corrected chi connectivity index (χ1v) is 17.5. The normalized spacial score (nSPS) is 11.6. The Morgan fingerprint density at radius 1 is 0.360 bits per heavy atom. The van der Waals surface area contributed by atoms with Crippen LogP contribution < -0.4 is 0 Å². The van der Waals surface area contributed by atoms with Gasteiger partial charge >= 0.3 is 0 Å². The van der Waals surface area contributed by atoms with Gasteiger partial charge in [-0.15, -0.1) is 11.3 Å². The number of benzene rings is 7. The second kappa shape index (κ2) is 11.6. The minimum absolute atomic E-state index is 0.598. The van der Waals surface area contributed by atoms with Crippen molar-refractivity contribution in [3.63, 3.8) is 0 Å². The number of rotatable bonds is 5. The van der Waals surface area contributed by atoms with Gasteiger partial charge in [0.05, 0.1) is 15.7 Å². The summed E-state index contributed by atoms with van der Waals surface area (Å²) in [6.45, 7) is 0. The molecule has 0 bridgehead atoms. The maximum atomic E-state index is 5.25. The SMILES string of the molecule is c1ccc(-c2ccc(-c3nc(-c4ccccc4)nc(-n4c5ccccc5c5ccc6c7cccc(-c8ccccc8)c7sc6c54)n3)cc2)cc1. The predicted molar refractivity (Wildman–Crippen MR) is 209 cm³/mol. The number of para-hydroxylation sites is 1. The molecule has 3 heterocycles. The largest absolute Gasteiger partial charge is 0.276 e. The highest BCUT2D eigenvalue weighted by atomic mass is 32.1. The number of thiophene rings is 1. The second-order valence-corrected chi connectivity index (χ2v) is 13.5. The summed E-state index contributed by atoms with van der Waals surface area (Å²) in [5.74, 6) is 1.87. The molecule has 0 unspecified atom stereocenters. The lowest BCUT2D eigenvalue weighted by atomic mass is 10.0. The van der Waals surface area contributed by atoms with Gasteiger partial charge in [-0.2, -0.15) is 9.97 Å². The van der Waals surface area contributed by atoms with Crippen LogP contribution in [0.25, 0.3) is 93.0 Å². The zero-order valence-corrected chi connectivity index (χ0v) is 27.7. The molecule has 10 rings (SSSR count). The van der Waals surface area contributed by atoms with E-state index in [9.17, 15) is 0 Å². The van der Waals surface area contributed by atoms with E-state index in [1.54, 1.807) is 0 Å². The van der Waals surface area contributed by atoms with E-state index in [4.69, 9.17) is 15.0 Å². The first-order valence-electron chi connectivity index (χ1n) is 16.7. The minimum atomic E-state index is 0.598. The van der Waals surface area contributed by atoms with Crippen molar-refractivity contribution in [3.8, 4) is 51.0 Å². The highest BCUT2D eigenvalue weighted by Crippen LogP contribution is 2.45. The van der Waals surface area contributed by atoms with Crippen LogP contribution in [0.2, 0.25) is 0 Å². The molecule has 4 nitrogen and oxygen atoms in total. The number of aromatic nitrogens is 4. The van der Waals surface area contributed by atoms with E-state index in [2.05, 4.69) is 150 Å². The molecule has 0 saturated carbocycles. The smallest absolute Gasteiger partial charge is 0.238 e. The minimum Gasteiger partial charge on any atom is -0.276 e. The zero-order valence-electron chi connectivity index (χ0n) is 26.9. The monoisotopic (exact) mass is 656 g/mol. The number of nitrogens with zero attached hydrogens (tertiary/aromatic N) is 4. The van der Waals surface area contributed by atoms with Gasteiger partial charge in [0, 0.05) is 37.4 Å². The van der Waals surface area contributed by atoms with Crippen molar-refractivity contribution in [2.45, 2.75) is 0 Å². The van der Waals surface area contributed by atoms with Crippen molar-refractivity contribution in [3.05, 3.63) is 170 Å². The molecular weight excluding hydrogens is 629 g/mol. The van der Waals surface area contributed by atoms with Gasteiger partial charge in [0.1, 0.15) is 0 Å². The quantitative estimate of drug-likeness (QED) is 0.185. The Bertz CT molecular complexity index is 2840. The summed E-state index contributed by atoms with van der Waals surface area (Å²) in [6.07, 6.45) is 0. The molecule has 7 aromatic carbocycles. The first kappa shape index (κ1) is 28.6. The predicted octanol–water partition coefficient (Wildman–Crippen LogP) is 12.0. The zero-order chi connectivity index (χ0) is 33.0. The fourth-order valence-corrected chi connectivity index (χ4v) is 8.48. The topological polar surface area (TPSA) is 43.6 Å². The van der Waals surface area contributed by atoms with Crippen LogP contribution in [0.1, 0.15) is 0 Å². The van der Waals surface area contributed by atoms with Gasteiger partial charge in [0.2, 0.25) is 5.95 Å². The van der Waals surface area contributed by atoms with Gasteiger partial charge in [-0.1, -0.05) is 164 Å². The van der Waals surface area contributed by atoms with Crippen molar-refractivity contribution < 1.29 is 0 Å². The molecule has 0 amide bonds. The van der Waals surface area contributed by atoms with Crippen molar-refractivity contribution in [2.24, 2.45) is 0 Å².